The van der Waals surface area contributed by atoms with Crippen molar-refractivity contribution in [2.45, 2.75) is 13.5 Å². The van der Waals surface area contributed by atoms with Crippen molar-refractivity contribution in [2.24, 2.45) is 0 Å². The molecule has 2 rings (SSSR count). The van der Waals surface area contributed by atoms with Crippen LogP contribution in [0, 0.1) is 12.7 Å². The summed E-state index contributed by atoms with van der Waals surface area (Å²) in [7, 11) is 0. The van der Waals surface area contributed by atoms with E-state index in [-0.39, 0.29) is 17.9 Å². The molecule has 2 aromatic rings. The van der Waals surface area contributed by atoms with Crippen LogP contribution in [0.15, 0.2) is 23.6 Å². The number of carbonyl (C=O) groups is 2. The molecule has 1 aromatic carbocycles. The van der Waals surface area contributed by atoms with Gasteiger partial charge in [0, 0.05) is 5.38 Å². The molecule has 3 N–H and O–H groups in total. The molecule has 0 spiro atoms. The van der Waals surface area contributed by atoms with Crippen LogP contribution >= 0.6 is 11.3 Å². The zero-order valence-electron chi connectivity index (χ0n) is 11.0. The van der Waals surface area contributed by atoms with Crippen molar-refractivity contribution in [2.75, 3.05) is 5.32 Å². The van der Waals surface area contributed by atoms with Gasteiger partial charge in [-0.05, 0) is 18.6 Å². The number of benzene rings is 1. The number of hydrogen-bond acceptors (Lipinski definition) is 4. The van der Waals surface area contributed by atoms with E-state index >= 15 is 0 Å². The molecule has 0 aliphatic rings. The van der Waals surface area contributed by atoms with Crippen LogP contribution in [0.5, 0.6) is 0 Å². The van der Waals surface area contributed by atoms with Crippen molar-refractivity contribution in [1.29, 1.82) is 0 Å². The maximum Gasteiger partial charge on any atom is 0.355 e. The molecular weight excluding hydrogens is 297 g/mol. The van der Waals surface area contributed by atoms with Crippen molar-refractivity contribution in [3.8, 4) is 0 Å². The van der Waals surface area contributed by atoms with Crippen molar-refractivity contribution < 1.29 is 19.1 Å². The predicted molar refractivity (Wildman–Crippen MR) is 76.1 cm³/mol. The number of thiazole rings is 1. The molecule has 0 unspecified atom stereocenters. The highest BCUT2D eigenvalue weighted by Crippen LogP contribution is 2.18. The predicted octanol–water partition coefficient (Wildman–Crippen LogP) is 2.61. The quantitative estimate of drug-likeness (QED) is 0.809. The second kappa shape index (κ2) is 6.31. The lowest BCUT2D eigenvalue weighted by atomic mass is 10.2. The fraction of sp³-hybridized carbons (Fsp3) is 0.154. The Morgan fingerprint density at radius 3 is 2.81 bits per heavy atom. The van der Waals surface area contributed by atoms with Crippen LogP contribution in [-0.4, -0.2) is 22.1 Å². The Balaban J connectivity index is 1.94. The number of carbonyl (C=O) groups excluding carboxylic acids is 1. The summed E-state index contributed by atoms with van der Waals surface area (Å²) in [6.45, 7) is 1.75. The number of carboxylic acid groups (broad SMARTS) is 1. The van der Waals surface area contributed by atoms with Crippen molar-refractivity contribution in [1.82, 2.24) is 10.3 Å². The van der Waals surface area contributed by atoms with E-state index in [1.807, 2.05) is 0 Å². The number of rotatable bonds is 4. The molecule has 0 bridgehead atoms. The van der Waals surface area contributed by atoms with Gasteiger partial charge >= 0.3 is 12.0 Å². The number of aryl methyl sites for hydroxylation is 1. The number of halogens is 1. The van der Waals surface area contributed by atoms with Crippen LogP contribution in [0.4, 0.5) is 14.9 Å². The van der Waals surface area contributed by atoms with Gasteiger partial charge in [0.2, 0.25) is 0 Å². The third-order valence-electron chi connectivity index (χ3n) is 2.63. The highest BCUT2D eigenvalue weighted by molar-refractivity contribution is 7.09. The van der Waals surface area contributed by atoms with Crippen LogP contribution < -0.4 is 10.6 Å². The van der Waals surface area contributed by atoms with Gasteiger partial charge in [-0.25, -0.2) is 19.0 Å². The van der Waals surface area contributed by atoms with E-state index in [0.29, 0.717) is 10.6 Å². The number of hydrogen-bond donors (Lipinski definition) is 3. The lowest BCUT2D eigenvalue weighted by Crippen LogP contribution is -2.28. The van der Waals surface area contributed by atoms with Gasteiger partial charge in [0.25, 0.3) is 0 Å². The van der Waals surface area contributed by atoms with Gasteiger partial charge in [0.05, 0.1) is 12.2 Å². The molecule has 0 aliphatic carbocycles. The van der Waals surface area contributed by atoms with E-state index < -0.39 is 17.8 Å². The first kappa shape index (κ1) is 14.9. The fourth-order valence-corrected chi connectivity index (χ4v) is 2.30. The zero-order chi connectivity index (χ0) is 15.4. The maximum atomic E-state index is 13.5. The van der Waals surface area contributed by atoms with E-state index in [4.69, 9.17) is 5.11 Å². The average molecular weight is 309 g/mol. The van der Waals surface area contributed by atoms with Crippen LogP contribution in [-0.2, 0) is 6.54 Å². The Morgan fingerprint density at radius 1 is 1.43 bits per heavy atom. The van der Waals surface area contributed by atoms with Crippen molar-refractivity contribution in [3.05, 3.63) is 45.7 Å². The first-order chi connectivity index (χ1) is 9.97. The monoisotopic (exact) mass is 309 g/mol. The maximum absolute atomic E-state index is 13.5. The summed E-state index contributed by atoms with van der Waals surface area (Å²) in [5.74, 6) is -1.64. The second-order valence-electron chi connectivity index (χ2n) is 4.17. The normalized spacial score (nSPS) is 10.2. The summed E-state index contributed by atoms with van der Waals surface area (Å²) in [5.41, 5.74) is 0.648. The molecule has 1 heterocycles. The molecule has 0 fully saturated rings. The number of nitrogens with zero attached hydrogens (tertiary/aromatic N) is 1. The molecule has 6 nitrogen and oxygen atoms in total. The summed E-state index contributed by atoms with van der Waals surface area (Å²) >= 11 is 1.12. The number of anilines is 1. The SMILES string of the molecule is Cc1cccc(F)c1NC(=O)NCc1nc(C(=O)O)cs1. The Hall–Kier alpha value is -2.48. The summed E-state index contributed by atoms with van der Waals surface area (Å²) in [5, 5.41) is 15.5. The summed E-state index contributed by atoms with van der Waals surface area (Å²) in [6.07, 6.45) is 0. The van der Waals surface area contributed by atoms with Gasteiger partial charge < -0.3 is 15.7 Å². The lowest BCUT2D eigenvalue weighted by molar-refractivity contribution is 0.0691. The third-order valence-corrected chi connectivity index (χ3v) is 3.48. The first-order valence-electron chi connectivity index (χ1n) is 5.95. The molecule has 2 amide bonds. The second-order valence-corrected chi connectivity index (χ2v) is 5.11. The zero-order valence-corrected chi connectivity index (χ0v) is 11.8. The summed E-state index contributed by atoms with van der Waals surface area (Å²) in [6, 6.07) is 3.90. The van der Waals surface area contributed by atoms with Gasteiger partial charge in [-0.15, -0.1) is 11.3 Å². The Labute approximate surface area is 123 Å². The van der Waals surface area contributed by atoms with Gasteiger partial charge in [-0.2, -0.15) is 0 Å². The smallest absolute Gasteiger partial charge is 0.355 e. The van der Waals surface area contributed by atoms with E-state index in [2.05, 4.69) is 15.6 Å². The summed E-state index contributed by atoms with van der Waals surface area (Å²) < 4.78 is 13.5. The molecule has 1 aromatic heterocycles. The minimum atomic E-state index is -1.12. The standard InChI is InChI=1S/C13H12FN3O3S/c1-7-3-2-4-8(14)11(7)17-13(20)15-5-10-16-9(6-21-10)12(18)19/h2-4,6H,5H2,1H3,(H,18,19)(H2,15,17,20). The van der Waals surface area contributed by atoms with Gasteiger partial charge in [0.15, 0.2) is 5.69 Å². The van der Waals surface area contributed by atoms with Gasteiger partial charge in [-0.1, -0.05) is 12.1 Å². The number of nitrogens with one attached hydrogen (secondary N) is 2. The van der Waals surface area contributed by atoms with Crippen molar-refractivity contribution in [3.63, 3.8) is 0 Å². The highest BCUT2D eigenvalue weighted by atomic mass is 32.1. The molecule has 0 saturated heterocycles. The molecule has 0 saturated carbocycles. The van der Waals surface area contributed by atoms with Crippen LogP contribution in [0.1, 0.15) is 21.1 Å². The lowest BCUT2D eigenvalue weighted by Gasteiger charge is -2.09. The highest BCUT2D eigenvalue weighted by Gasteiger charge is 2.11. The first-order valence-corrected chi connectivity index (χ1v) is 6.83. The van der Waals surface area contributed by atoms with E-state index in [9.17, 15) is 14.0 Å². The Morgan fingerprint density at radius 2 is 2.19 bits per heavy atom. The molecule has 0 atom stereocenters. The largest absolute Gasteiger partial charge is 0.476 e. The van der Waals surface area contributed by atoms with E-state index in [0.717, 1.165) is 11.3 Å². The molecule has 21 heavy (non-hydrogen) atoms. The number of amides is 2. The van der Waals surface area contributed by atoms with Crippen LogP contribution in [0.2, 0.25) is 0 Å². The molecule has 8 heteroatoms. The topological polar surface area (TPSA) is 91.3 Å². The van der Waals surface area contributed by atoms with Crippen molar-refractivity contribution >= 4 is 29.0 Å². The number of para-hydroxylation sites is 1. The minimum absolute atomic E-state index is 0.0667. The molecular formula is C13H12FN3O3S. The third kappa shape index (κ3) is 3.76. The van der Waals surface area contributed by atoms with Crippen LogP contribution in [0.25, 0.3) is 0 Å². The van der Waals surface area contributed by atoms with Gasteiger partial charge in [0.1, 0.15) is 10.8 Å². The molecule has 0 radical (unpaired) electrons. The Bertz CT molecular complexity index is 667. The minimum Gasteiger partial charge on any atom is -0.476 e. The Kier molecular flexibility index (Phi) is 4.49. The average Bonchev–Trinajstić information content (AvgIpc) is 2.90. The molecule has 110 valence electrons. The number of urea groups is 1. The number of aromatic carboxylic acids is 1. The number of carboxylic acids is 1. The van der Waals surface area contributed by atoms with E-state index in [1.165, 1.54) is 11.4 Å². The number of aromatic nitrogens is 1. The van der Waals surface area contributed by atoms with Crippen LogP contribution in [0.3, 0.4) is 0 Å². The van der Waals surface area contributed by atoms with E-state index in [1.54, 1.807) is 19.1 Å². The van der Waals surface area contributed by atoms with Gasteiger partial charge in [-0.3, -0.25) is 0 Å². The molecule has 0 aliphatic heterocycles. The summed E-state index contributed by atoms with van der Waals surface area (Å²) in [4.78, 5) is 26.2. The fourth-order valence-electron chi connectivity index (χ4n) is 1.59.